The molecule has 2 saturated carbocycles. The van der Waals surface area contributed by atoms with Crippen molar-refractivity contribution in [1.29, 1.82) is 0 Å². The first-order valence-corrected chi connectivity index (χ1v) is 11.8. The molecule has 2 bridgehead atoms. The normalized spacial score (nSPS) is 37.2. The Bertz CT molecular complexity index is 960. The molecule has 1 N–H and O–H groups in total. The lowest BCUT2D eigenvalue weighted by Crippen LogP contribution is -2.63. The molecular weight excluding hydrogens is 440 g/mol. The van der Waals surface area contributed by atoms with E-state index in [1.54, 1.807) is 6.92 Å². The predicted molar refractivity (Wildman–Crippen MR) is 122 cm³/mol. The van der Waals surface area contributed by atoms with Gasteiger partial charge < -0.3 is 19.3 Å². The third-order valence-electron chi connectivity index (χ3n) is 8.17. The number of ether oxygens (including phenoxy) is 3. The highest BCUT2D eigenvalue weighted by Gasteiger charge is 2.63. The molecule has 7 atom stereocenters. The highest BCUT2D eigenvalue weighted by atomic mass is 16.6. The summed E-state index contributed by atoms with van der Waals surface area (Å²) in [6, 6.07) is 0. The second-order valence-corrected chi connectivity index (χ2v) is 10.7. The van der Waals surface area contributed by atoms with Gasteiger partial charge in [-0.25, -0.2) is 0 Å². The number of rotatable bonds is 3. The largest absolute Gasteiger partial charge is 0.462 e. The summed E-state index contributed by atoms with van der Waals surface area (Å²) in [5.41, 5.74) is -0.174. The Hall–Kier alpha value is -2.48. The number of esters is 3. The highest BCUT2D eigenvalue weighted by Crippen LogP contribution is 2.60. The summed E-state index contributed by atoms with van der Waals surface area (Å²) in [7, 11) is 0. The van der Waals surface area contributed by atoms with Gasteiger partial charge in [0.15, 0.2) is 11.9 Å². The van der Waals surface area contributed by atoms with Crippen molar-refractivity contribution < 1.29 is 38.5 Å². The van der Waals surface area contributed by atoms with Crippen LogP contribution in [0.25, 0.3) is 0 Å². The molecule has 0 aliphatic heterocycles. The van der Waals surface area contributed by atoms with Crippen LogP contribution in [-0.4, -0.2) is 53.2 Å². The van der Waals surface area contributed by atoms with Crippen molar-refractivity contribution in [3.8, 4) is 0 Å². The maximum Gasteiger partial charge on any atom is 0.303 e. The molecule has 0 aromatic carbocycles. The van der Waals surface area contributed by atoms with E-state index in [0.717, 1.165) is 0 Å². The highest BCUT2D eigenvalue weighted by molar-refractivity contribution is 5.97. The van der Waals surface area contributed by atoms with E-state index in [-0.39, 0.29) is 12.2 Å². The van der Waals surface area contributed by atoms with Crippen LogP contribution in [0.3, 0.4) is 0 Å². The molecule has 0 amide bonds. The van der Waals surface area contributed by atoms with Gasteiger partial charge in [0.1, 0.15) is 12.2 Å². The molecule has 0 unspecified atom stereocenters. The van der Waals surface area contributed by atoms with Gasteiger partial charge in [-0.3, -0.25) is 19.2 Å². The Morgan fingerprint density at radius 3 is 2.09 bits per heavy atom. The Kier molecular flexibility index (Phi) is 6.88. The molecule has 188 valence electrons. The smallest absolute Gasteiger partial charge is 0.303 e. The van der Waals surface area contributed by atoms with Gasteiger partial charge in [-0.15, -0.1) is 0 Å². The monoisotopic (exact) mass is 476 g/mol. The maximum atomic E-state index is 13.2. The van der Waals surface area contributed by atoms with E-state index in [4.69, 9.17) is 14.2 Å². The van der Waals surface area contributed by atoms with Crippen molar-refractivity contribution in [2.75, 3.05) is 0 Å². The van der Waals surface area contributed by atoms with Crippen LogP contribution in [0.5, 0.6) is 0 Å². The zero-order valence-corrected chi connectivity index (χ0v) is 21.1. The van der Waals surface area contributed by atoms with Gasteiger partial charge in [0, 0.05) is 44.4 Å². The first kappa shape index (κ1) is 26.1. The zero-order chi connectivity index (χ0) is 25.7. The van der Waals surface area contributed by atoms with Gasteiger partial charge in [0.25, 0.3) is 0 Å². The van der Waals surface area contributed by atoms with E-state index in [2.05, 4.69) is 6.58 Å². The van der Waals surface area contributed by atoms with E-state index in [1.165, 1.54) is 20.8 Å². The van der Waals surface area contributed by atoms with E-state index >= 15 is 0 Å². The van der Waals surface area contributed by atoms with E-state index in [0.29, 0.717) is 29.6 Å². The van der Waals surface area contributed by atoms with Crippen LogP contribution in [0.1, 0.15) is 67.7 Å². The number of hydrogen-bond acceptors (Lipinski definition) is 8. The fraction of sp³-hybridized carbons (Fsp3) is 0.692. The summed E-state index contributed by atoms with van der Waals surface area (Å²) in [4.78, 5) is 50.2. The van der Waals surface area contributed by atoms with Crippen LogP contribution < -0.4 is 0 Å². The van der Waals surface area contributed by atoms with Crippen molar-refractivity contribution in [2.45, 2.75) is 92.1 Å². The Balaban J connectivity index is 2.41. The van der Waals surface area contributed by atoms with Crippen LogP contribution in [-0.2, 0) is 33.4 Å². The standard InChI is InChI=1S/C26H36O8/c1-12-18(30)9-10-26(8)21(12)22(32-14(3)27)17-11-19(31)13(2)20(25(17,6)7)23(33-15(4)28)24(26)34-16(5)29/h17-18,21-24,30H,1,9-11H2,2-8H3/t17-,18-,21+,22+,23+,24-,26+/m0/s1. The molecule has 0 radical (unpaired) electrons. The maximum absolute atomic E-state index is 13.2. The minimum absolute atomic E-state index is 0.126. The molecule has 34 heavy (non-hydrogen) atoms. The van der Waals surface area contributed by atoms with Crippen molar-refractivity contribution in [3.05, 3.63) is 23.3 Å². The number of carbonyl (C=O) groups is 4. The molecule has 0 aromatic rings. The fourth-order valence-electron chi connectivity index (χ4n) is 6.62. The molecule has 3 aliphatic carbocycles. The quantitative estimate of drug-likeness (QED) is 0.375. The van der Waals surface area contributed by atoms with Crippen molar-refractivity contribution in [3.63, 3.8) is 0 Å². The number of carbonyl (C=O) groups excluding carboxylic acids is 4. The molecule has 3 rings (SSSR count). The summed E-state index contributed by atoms with van der Waals surface area (Å²) in [6.45, 7) is 15.4. The summed E-state index contributed by atoms with van der Waals surface area (Å²) in [6.07, 6.45) is -2.77. The number of Topliss-reactive ketones (excluding diaryl/α,β-unsaturated/α-hetero) is 1. The Labute approximate surface area is 200 Å². The number of fused-ring (bicyclic) bond motifs is 3. The zero-order valence-electron chi connectivity index (χ0n) is 21.1. The second-order valence-electron chi connectivity index (χ2n) is 10.7. The third-order valence-corrected chi connectivity index (χ3v) is 8.17. The number of ketones is 1. The van der Waals surface area contributed by atoms with Crippen molar-refractivity contribution in [1.82, 2.24) is 0 Å². The number of hydrogen-bond donors (Lipinski definition) is 1. The number of allylic oxidation sites excluding steroid dienone is 1. The fourth-order valence-corrected chi connectivity index (χ4v) is 6.62. The van der Waals surface area contributed by atoms with Gasteiger partial charge in [-0.2, -0.15) is 0 Å². The minimum atomic E-state index is -1.02. The van der Waals surface area contributed by atoms with Gasteiger partial charge >= 0.3 is 17.9 Å². The molecular formula is C26H36O8. The van der Waals surface area contributed by atoms with Gasteiger partial charge in [0.2, 0.25) is 0 Å². The topological polar surface area (TPSA) is 116 Å². The number of aliphatic hydroxyl groups excluding tert-OH is 1. The van der Waals surface area contributed by atoms with E-state index in [9.17, 15) is 24.3 Å². The lowest BCUT2D eigenvalue weighted by Gasteiger charge is -2.59. The average Bonchev–Trinajstić information content (AvgIpc) is 2.69. The van der Waals surface area contributed by atoms with E-state index < -0.39 is 65.0 Å². The molecule has 8 nitrogen and oxygen atoms in total. The van der Waals surface area contributed by atoms with Crippen LogP contribution in [0.4, 0.5) is 0 Å². The lowest BCUT2D eigenvalue weighted by atomic mass is 9.49. The van der Waals surface area contributed by atoms with Crippen LogP contribution in [0.2, 0.25) is 0 Å². The lowest BCUT2D eigenvalue weighted by molar-refractivity contribution is -0.201. The summed E-state index contributed by atoms with van der Waals surface area (Å²) < 4.78 is 17.7. The van der Waals surface area contributed by atoms with Gasteiger partial charge in [-0.1, -0.05) is 27.4 Å². The van der Waals surface area contributed by atoms with Crippen LogP contribution in [0, 0.1) is 22.7 Å². The SMILES string of the molecule is C=C1[C@@H]2[C@H](OC(C)=O)[C@@H]3CC(=O)C(C)=C([C@@H](OC(C)=O)[C@H](OC(C)=O)[C@]2(C)CC[C@@H]1O)C3(C)C. The van der Waals surface area contributed by atoms with Gasteiger partial charge in [0.05, 0.1) is 6.10 Å². The van der Waals surface area contributed by atoms with Crippen LogP contribution >= 0.6 is 0 Å². The average molecular weight is 477 g/mol. The molecule has 0 heterocycles. The van der Waals surface area contributed by atoms with E-state index in [1.807, 2.05) is 20.8 Å². The molecule has 2 fully saturated rings. The second kappa shape index (κ2) is 8.95. The van der Waals surface area contributed by atoms with Crippen molar-refractivity contribution >= 4 is 23.7 Å². The molecule has 3 aliphatic rings. The minimum Gasteiger partial charge on any atom is -0.462 e. The van der Waals surface area contributed by atoms with Crippen molar-refractivity contribution in [2.24, 2.45) is 22.7 Å². The predicted octanol–water partition coefficient (Wildman–Crippen LogP) is 3.06. The first-order valence-electron chi connectivity index (χ1n) is 11.8. The Morgan fingerprint density at radius 1 is 1.00 bits per heavy atom. The Morgan fingerprint density at radius 2 is 1.56 bits per heavy atom. The summed E-state index contributed by atoms with van der Waals surface area (Å²) in [5.74, 6) is -2.92. The first-order chi connectivity index (χ1) is 15.6. The number of aliphatic hydroxyl groups is 1. The van der Waals surface area contributed by atoms with Gasteiger partial charge in [-0.05, 0) is 41.9 Å². The van der Waals surface area contributed by atoms with Crippen LogP contribution in [0.15, 0.2) is 23.3 Å². The molecule has 0 spiro atoms. The summed E-state index contributed by atoms with van der Waals surface area (Å²) >= 11 is 0. The molecule has 0 saturated heterocycles. The molecule has 0 aromatic heterocycles. The third kappa shape index (κ3) is 4.21. The molecule has 8 heteroatoms. The summed E-state index contributed by atoms with van der Waals surface area (Å²) in [5, 5.41) is 10.8.